The summed E-state index contributed by atoms with van der Waals surface area (Å²) >= 11 is 0. The zero-order valence-corrected chi connectivity index (χ0v) is 16.9. The molecule has 29 heavy (non-hydrogen) atoms. The van der Waals surface area contributed by atoms with E-state index in [1.165, 1.54) is 24.3 Å². The van der Waals surface area contributed by atoms with Gasteiger partial charge in [0.15, 0.2) is 6.10 Å². The Labute approximate surface area is 170 Å². The van der Waals surface area contributed by atoms with Crippen LogP contribution in [-0.2, 0) is 14.8 Å². The molecule has 0 aliphatic heterocycles. The van der Waals surface area contributed by atoms with Crippen molar-refractivity contribution in [3.05, 3.63) is 84.4 Å². The van der Waals surface area contributed by atoms with E-state index in [4.69, 9.17) is 4.74 Å². The largest absolute Gasteiger partial charge is 0.481 e. The molecule has 0 bridgehead atoms. The van der Waals surface area contributed by atoms with Crippen LogP contribution >= 0.6 is 0 Å². The Balaban J connectivity index is 1.63. The van der Waals surface area contributed by atoms with Crippen LogP contribution in [0.5, 0.6) is 5.75 Å². The molecule has 3 aromatic rings. The van der Waals surface area contributed by atoms with E-state index in [1.54, 1.807) is 43.3 Å². The normalized spacial score (nSPS) is 12.1. The lowest BCUT2D eigenvalue weighted by atomic mass is 10.2. The highest BCUT2D eigenvalue weighted by molar-refractivity contribution is 7.92. The molecule has 0 heterocycles. The highest BCUT2D eigenvalue weighted by Crippen LogP contribution is 2.19. The first kappa shape index (κ1) is 20.4. The van der Waals surface area contributed by atoms with E-state index in [1.807, 2.05) is 25.1 Å². The number of rotatable bonds is 7. The Kier molecular flexibility index (Phi) is 6.19. The molecule has 3 rings (SSSR count). The fourth-order valence-electron chi connectivity index (χ4n) is 2.63. The molecule has 150 valence electrons. The molecule has 0 saturated carbocycles. The highest BCUT2D eigenvalue weighted by Gasteiger charge is 2.17. The number of sulfonamides is 1. The number of nitrogens with one attached hydrogen (secondary N) is 2. The number of carbonyl (C=O) groups excluding carboxylic acids is 1. The molecule has 0 fully saturated rings. The molecule has 7 heteroatoms. The highest BCUT2D eigenvalue weighted by atomic mass is 32.2. The lowest BCUT2D eigenvalue weighted by molar-refractivity contribution is -0.122. The zero-order chi connectivity index (χ0) is 20.9. The molecule has 0 unspecified atom stereocenters. The van der Waals surface area contributed by atoms with E-state index < -0.39 is 16.1 Å². The summed E-state index contributed by atoms with van der Waals surface area (Å²) in [6.45, 7) is 3.60. The van der Waals surface area contributed by atoms with Crippen LogP contribution in [0.25, 0.3) is 0 Å². The van der Waals surface area contributed by atoms with Gasteiger partial charge in [0, 0.05) is 11.4 Å². The van der Waals surface area contributed by atoms with Crippen LogP contribution in [0.15, 0.2) is 83.8 Å². The number of anilines is 2. The third-order valence-electron chi connectivity index (χ3n) is 4.13. The summed E-state index contributed by atoms with van der Waals surface area (Å²) in [5.74, 6) is 0.283. The van der Waals surface area contributed by atoms with Crippen molar-refractivity contribution < 1.29 is 17.9 Å². The van der Waals surface area contributed by atoms with Gasteiger partial charge < -0.3 is 10.1 Å². The molecule has 0 radical (unpaired) electrons. The van der Waals surface area contributed by atoms with Gasteiger partial charge in [0.25, 0.3) is 15.9 Å². The van der Waals surface area contributed by atoms with E-state index in [9.17, 15) is 13.2 Å². The molecule has 2 N–H and O–H groups in total. The number of hydrogen-bond acceptors (Lipinski definition) is 4. The summed E-state index contributed by atoms with van der Waals surface area (Å²) in [7, 11) is -3.71. The predicted molar refractivity (Wildman–Crippen MR) is 114 cm³/mol. The maximum Gasteiger partial charge on any atom is 0.265 e. The van der Waals surface area contributed by atoms with Gasteiger partial charge in [-0.05, 0) is 67.9 Å². The smallest absolute Gasteiger partial charge is 0.265 e. The fraction of sp³-hybridized carbons (Fsp3) is 0.136. The molecule has 6 nitrogen and oxygen atoms in total. The molecular formula is C22H22N2O4S. The molecular weight excluding hydrogens is 388 g/mol. The minimum atomic E-state index is -3.71. The molecule has 1 amide bonds. The van der Waals surface area contributed by atoms with E-state index in [2.05, 4.69) is 10.0 Å². The zero-order valence-electron chi connectivity index (χ0n) is 16.1. The molecule has 0 aliphatic carbocycles. The number of aryl methyl sites for hydroxylation is 1. The van der Waals surface area contributed by atoms with Gasteiger partial charge >= 0.3 is 0 Å². The number of benzene rings is 3. The van der Waals surface area contributed by atoms with Crippen LogP contribution in [0.3, 0.4) is 0 Å². The Morgan fingerprint density at radius 1 is 0.897 bits per heavy atom. The third kappa shape index (κ3) is 5.58. The van der Waals surface area contributed by atoms with E-state index in [-0.39, 0.29) is 10.8 Å². The topological polar surface area (TPSA) is 84.5 Å². The van der Waals surface area contributed by atoms with Gasteiger partial charge in [-0.15, -0.1) is 0 Å². The van der Waals surface area contributed by atoms with Crippen molar-refractivity contribution in [3.8, 4) is 5.75 Å². The Bertz CT molecular complexity index is 1080. The first-order valence-electron chi connectivity index (χ1n) is 9.05. The standard InChI is InChI=1S/C22H22N2O4S/c1-16-7-6-10-20(15-16)28-17(2)22(25)23-18-11-13-21(14-12-18)29(26,27)24-19-8-4-3-5-9-19/h3-15,17,24H,1-2H3,(H,23,25)/t17-/m1/s1. The number of para-hydroxylation sites is 1. The first-order valence-corrected chi connectivity index (χ1v) is 10.5. The minimum Gasteiger partial charge on any atom is -0.481 e. The van der Waals surface area contributed by atoms with Crippen molar-refractivity contribution in [3.63, 3.8) is 0 Å². The van der Waals surface area contributed by atoms with Gasteiger partial charge in [0.1, 0.15) is 5.75 Å². The van der Waals surface area contributed by atoms with Gasteiger partial charge in [-0.25, -0.2) is 8.42 Å². The van der Waals surface area contributed by atoms with Crippen molar-refractivity contribution in [1.82, 2.24) is 0 Å². The quantitative estimate of drug-likeness (QED) is 0.611. The average molecular weight is 410 g/mol. The van der Waals surface area contributed by atoms with E-state index in [0.717, 1.165) is 5.56 Å². The minimum absolute atomic E-state index is 0.100. The fourth-order valence-corrected chi connectivity index (χ4v) is 3.69. The van der Waals surface area contributed by atoms with Gasteiger partial charge in [-0.3, -0.25) is 9.52 Å². The summed E-state index contributed by atoms with van der Waals surface area (Å²) in [5.41, 5.74) is 2.00. The molecule has 0 aliphatic rings. The predicted octanol–water partition coefficient (Wildman–Crippen LogP) is 4.20. The van der Waals surface area contributed by atoms with Crippen molar-refractivity contribution in [2.45, 2.75) is 24.8 Å². The van der Waals surface area contributed by atoms with Crippen molar-refractivity contribution in [2.24, 2.45) is 0 Å². The van der Waals surface area contributed by atoms with Crippen LogP contribution < -0.4 is 14.8 Å². The van der Waals surface area contributed by atoms with Crippen molar-refractivity contribution in [1.29, 1.82) is 0 Å². The van der Waals surface area contributed by atoms with Crippen molar-refractivity contribution in [2.75, 3.05) is 10.0 Å². The number of carbonyl (C=O) groups is 1. The maximum atomic E-state index is 12.5. The monoisotopic (exact) mass is 410 g/mol. The summed E-state index contributed by atoms with van der Waals surface area (Å²) < 4.78 is 33.1. The second-order valence-electron chi connectivity index (χ2n) is 6.56. The summed E-state index contributed by atoms with van der Waals surface area (Å²) in [6, 6.07) is 22.0. The van der Waals surface area contributed by atoms with Crippen LogP contribution in [0.4, 0.5) is 11.4 Å². The SMILES string of the molecule is Cc1cccc(O[C@H](C)C(=O)Nc2ccc(S(=O)(=O)Nc3ccccc3)cc2)c1. The Hall–Kier alpha value is -3.32. The molecule has 0 saturated heterocycles. The first-order chi connectivity index (χ1) is 13.8. The second kappa shape index (κ2) is 8.79. The van der Waals surface area contributed by atoms with Gasteiger partial charge in [-0.1, -0.05) is 30.3 Å². The molecule has 0 aromatic heterocycles. The van der Waals surface area contributed by atoms with E-state index >= 15 is 0 Å². The Morgan fingerprint density at radius 2 is 1.59 bits per heavy atom. The van der Waals surface area contributed by atoms with Crippen molar-refractivity contribution >= 4 is 27.3 Å². The number of amides is 1. The van der Waals surface area contributed by atoms with Gasteiger partial charge in [0.2, 0.25) is 0 Å². The summed E-state index contributed by atoms with van der Waals surface area (Å²) in [6.07, 6.45) is -0.708. The van der Waals surface area contributed by atoms with E-state index in [0.29, 0.717) is 17.1 Å². The van der Waals surface area contributed by atoms with Crippen LogP contribution in [-0.4, -0.2) is 20.4 Å². The van der Waals surface area contributed by atoms with Gasteiger partial charge in [-0.2, -0.15) is 0 Å². The maximum absolute atomic E-state index is 12.5. The van der Waals surface area contributed by atoms with Crippen LogP contribution in [0, 0.1) is 6.92 Å². The lowest BCUT2D eigenvalue weighted by Gasteiger charge is -2.15. The second-order valence-corrected chi connectivity index (χ2v) is 8.24. The Morgan fingerprint density at radius 3 is 2.24 bits per heavy atom. The van der Waals surface area contributed by atoms with Gasteiger partial charge in [0.05, 0.1) is 4.90 Å². The summed E-state index contributed by atoms with van der Waals surface area (Å²) in [5, 5.41) is 2.73. The molecule has 1 atom stereocenters. The third-order valence-corrected chi connectivity index (χ3v) is 5.53. The number of hydrogen-bond donors (Lipinski definition) is 2. The number of ether oxygens (including phenoxy) is 1. The average Bonchev–Trinajstić information content (AvgIpc) is 2.69. The molecule has 0 spiro atoms. The lowest BCUT2D eigenvalue weighted by Crippen LogP contribution is -2.30. The van der Waals surface area contributed by atoms with Crippen LogP contribution in [0.1, 0.15) is 12.5 Å². The molecule has 3 aromatic carbocycles. The summed E-state index contributed by atoms with van der Waals surface area (Å²) in [4.78, 5) is 12.5. The van der Waals surface area contributed by atoms with Crippen LogP contribution in [0.2, 0.25) is 0 Å².